The molecule has 1 aromatic carbocycles. The number of nitrogens with zero attached hydrogens (tertiary/aromatic N) is 1. The third kappa shape index (κ3) is 3.78. The molecule has 0 aromatic heterocycles. The molecular weight excluding hydrogens is 238 g/mol. The maximum absolute atomic E-state index is 12.1. The van der Waals surface area contributed by atoms with Crippen LogP contribution in [0.15, 0.2) is 24.3 Å². The van der Waals surface area contributed by atoms with Crippen molar-refractivity contribution < 1.29 is 4.79 Å². The number of likely N-dealkylation sites (tertiary alicyclic amines) is 1. The molecule has 4 nitrogen and oxygen atoms in total. The van der Waals surface area contributed by atoms with Crippen LogP contribution in [-0.2, 0) is 6.54 Å². The maximum Gasteiger partial charge on any atom is 0.251 e. The maximum atomic E-state index is 12.1. The highest BCUT2D eigenvalue weighted by Crippen LogP contribution is 2.11. The summed E-state index contributed by atoms with van der Waals surface area (Å²) in [6, 6.07) is 7.79. The summed E-state index contributed by atoms with van der Waals surface area (Å²) in [5.74, 6) is 0.0199. The molecule has 1 aromatic rings. The lowest BCUT2D eigenvalue weighted by Crippen LogP contribution is -2.47. The van der Waals surface area contributed by atoms with E-state index in [0.29, 0.717) is 12.1 Å². The van der Waals surface area contributed by atoms with E-state index >= 15 is 0 Å². The van der Waals surface area contributed by atoms with Crippen LogP contribution in [0, 0.1) is 0 Å². The van der Waals surface area contributed by atoms with E-state index in [9.17, 15) is 4.79 Å². The van der Waals surface area contributed by atoms with Crippen molar-refractivity contribution in [2.45, 2.75) is 32.4 Å². The number of nitrogens with one attached hydrogen (secondary N) is 1. The Kier molecular flexibility index (Phi) is 4.93. The lowest BCUT2D eigenvalue weighted by Gasteiger charge is -2.32. The van der Waals surface area contributed by atoms with Crippen LogP contribution in [0.2, 0.25) is 0 Å². The normalized spacial score (nSPS) is 20.2. The molecule has 4 heteroatoms. The Morgan fingerprint density at radius 3 is 2.79 bits per heavy atom. The molecule has 0 spiro atoms. The predicted octanol–water partition coefficient (Wildman–Crippen LogP) is 1.36. The van der Waals surface area contributed by atoms with Gasteiger partial charge in [-0.1, -0.05) is 19.1 Å². The minimum Gasteiger partial charge on any atom is -0.348 e. The van der Waals surface area contributed by atoms with Crippen LogP contribution < -0.4 is 11.1 Å². The Balaban J connectivity index is 1.92. The number of likely N-dealkylation sites (N-methyl/N-ethyl adjacent to an activating group) is 1. The van der Waals surface area contributed by atoms with E-state index in [1.54, 1.807) is 0 Å². The fourth-order valence-electron chi connectivity index (χ4n) is 2.52. The predicted molar refractivity (Wildman–Crippen MR) is 76.9 cm³/mol. The van der Waals surface area contributed by atoms with Crippen molar-refractivity contribution in [1.29, 1.82) is 0 Å². The van der Waals surface area contributed by atoms with E-state index in [1.165, 1.54) is 0 Å². The van der Waals surface area contributed by atoms with Crippen molar-refractivity contribution in [2.75, 3.05) is 19.6 Å². The molecule has 104 valence electrons. The molecule has 1 aliphatic heterocycles. The van der Waals surface area contributed by atoms with Crippen molar-refractivity contribution in [2.24, 2.45) is 5.73 Å². The van der Waals surface area contributed by atoms with Crippen molar-refractivity contribution >= 4 is 5.91 Å². The fourth-order valence-corrected chi connectivity index (χ4v) is 2.52. The molecule has 1 amide bonds. The lowest BCUT2D eigenvalue weighted by atomic mass is 10.0. The Hall–Kier alpha value is -1.39. The summed E-state index contributed by atoms with van der Waals surface area (Å²) in [6.45, 7) is 5.83. The van der Waals surface area contributed by atoms with Crippen molar-refractivity contribution in [3.05, 3.63) is 35.4 Å². The van der Waals surface area contributed by atoms with Gasteiger partial charge < -0.3 is 16.0 Å². The summed E-state index contributed by atoms with van der Waals surface area (Å²) in [5, 5.41) is 3.13. The monoisotopic (exact) mass is 261 g/mol. The van der Waals surface area contributed by atoms with E-state index in [-0.39, 0.29) is 11.9 Å². The number of benzene rings is 1. The van der Waals surface area contributed by atoms with Crippen molar-refractivity contribution in [3.8, 4) is 0 Å². The standard InChI is InChI=1S/C15H23N3O/c1-2-18-9-3-4-14(11-18)17-15(19)13-7-5-12(10-16)6-8-13/h5-8,14H,2-4,9-11,16H2,1H3,(H,17,19). The van der Waals surface area contributed by atoms with Gasteiger partial charge in [-0.05, 0) is 43.6 Å². The zero-order valence-electron chi connectivity index (χ0n) is 11.6. The van der Waals surface area contributed by atoms with Crippen LogP contribution in [0.4, 0.5) is 0 Å². The number of rotatable bonds is 4. The minimum absolute atomic E-state index is 0.0199. The van der Waals surface area contributed by atoms with Crippen molar-refractivity contribution in [1.82, 2.24) is 10.2 Å². The van der Waals surface area contributed by atoms with Gasteiger partial charge in [0.2, 0.25) is 0 Å². The summed E-state index contributed by atoms with van der Waals surface area (Å²) < 4.78 is 0. The second kappa shape index (κ2) is 6.68. The summed E-state index contributed by atoms with van der Waals surface area (Å²) in [7, 11) is 0. The highest BCUT2D eigenvalue weighted by Gasteiger charge is 2.20. The highest BCUT2D eigenvalue weighted by atomic mass is 16.1. The quantitative estimate of drug-likeness (QED) is 0.860. The van der Waals surface area contributed by atoms with Crippen LogP contribution in [-0.4, -0.2) is 36.5 Å². The molecule has 0 aliphatic carbocycles. The number of amides is 1. The molecule has 3 N–H and O–H groups in total. The molecule has 1 saturated heterocycles. The van der Waals surface area contributed by atoms with Gasteiger partial charge in [-0.3, -0.25) is 4.79 Å². The first-order valence-electron chi connectivity index (χ1n) is 7.05. The molecule has 0 saturated carbocycles. The van der Waals surface area contributed by atoms with Crippen molar-refractivity contribution in [3.63, 3.8) is 0 Å². The zero-order chi connectivity index (χ0) is 13.7. The van der Waals surface area contributed by atoms with Crippen LogP contribution in [0.1, 0.15) is 35.7 Å². The van der Waals surface area contributed by atoms with Crippen LogP contribution in [0.3, 0.4) is 0 Å². The summed E-state index contributed by atoms with van der Waals surface area (Å²) in [6.07, 6.45) is 2.23. The van der Waals surface area contributed by atoms with E-state index < -0.39 is 0 Å². The van der Waals surface area contributed by atoms with E-state index in [1.807, 2.05) is 24.3 Å². The summed E-state index contributed by atoms with van der Waals surface area (Å²) >= 11 is 0. The average molecular weight is 261 g/mol. The van der Waals surface area contributed by atoms with Crippen LogP contribution in [0.5, 0.6) is 0 Å². The summed E-state index contributed by atoms with van der Waals surface area (Å²) in [5.41, 5.74) is 7.31. The number of nitrogens with two attached hydrogens (primary N) is 1. The molecule has 1 heterocycles. The molecule has 1 fully saturated rings. The SMILES string of the molecule is CCN1CCCC(NC(=O)c2ccc(CN)cc2)C1. The molecule has 1 unspecified atom stereocenters. The Bertz CT molecular complexity index is 416. The third-order valence-corrected chi connectivity index (χ3v) is 3.74. The van der Waals surface area contributed by atoms with E-state index in [2.05, 4.69) is 17.1 Å². The second-order valence-electron chi connectivity index (χ2n) is 5.11. The highest BCUT2D eigenvalue weighted by molar-refractivity contribution is 5.94. The minimum atomic E-state index is 0.0199. The molecule has 1 aliphatic rings. The zero-order valence-corrected chi connectivity index (χ0v) is 11.6. The fraction of sp³-hybridized carbons (Fsp3) is 0.533. The van der Waals surface area contributed by atoms with Gasteiger partial charge in [0.25, 0.3) is 5.91 Å². The number of carbonyl (C=O) groups is 1. The van der Waals surface area contributed by atoms with E-state index in [0.717, 1.165) is 38.0 Å². The van der Waals surface area contributed by atoms with Gasteiger partial charge in [0.05, 0.1) is 0 Å². The van der Waals surface area contributed by atoms with Crippen LogP contribution in [0.25, 0.3) is 0 Å². The topological polar surface area (TPSA) is 58.4 Å². The first-order valence-corrected chi connectivity index (χ1v) is 7.05. The number of piperidine rings is 1. The van der Waals surface area contributed by atoms with Gasteiger partial charge in [-0.25, -0.2) is 0 Å². The molecule has 0 bridgehead atoms. The molecule has 19 heavy (non-hydrogen) atoms. The van der Waals surface area contributed by atoms with Gasteiger partial charge in [0, 0.05) is 24.7 Å². The third-order valence-electron chi connectivity index (χ3n) is 3.74. The Labute approximate surface area is 115 Å². The Morgan fingerprint density at radius 1 is 1.42 bits per heavy atom. The first-order chi connectivity index (χ1) is 9.22. The number of carbonyl (C=O) groups excluding carboxylic acids is 1. The molecule has 2 rings (SSSR count). The van der Waals surface area contributed by atoms with E-state index in [4.69, 9.17) is 5.73 Å². The summed E-state index contributed by atoms with van der Waals surface area (Å²) in [4.78, 5) is 14.5. The smallest absolute Gasteiger partial charge is 0.251 e. The van der Waals surface area contributed by atoms with Gasteiger partial charge in [0.1, 0.15) is 0 Å². The van der Waals surface area contributed by atoms with Crippen LogP contribution >= 0.6 is 0 Å². The van der Waals surface area contributed by atoms with Gasteiger partial charge in [0.15, 0.2) is 0 Å². The first kappa shape index (κ1) is 14.0. The Morgan fingerprint density at radius 2 is 2.16 bits per heavy atom. The average Bonchev–Trinajstić information content (AvgIpc) is 2.47. The molecule has 1 atom stereocenters. The second-order valence-corrected chi connectivity index (χ2v) is 5.11. The van der Waals surface area contributed by atoms with Gasteiger partial charge >= 0.3 is 0 Å². The largest absolute Gasteiger partial charge is 0.348 e. The molecule has 0 radical (unpaired) electrons. The lowest BCUT2D eigenvalue weighted by molar-refractivity contribution is 0.0906. The number of hydrogen-bond donors (Lipinski definition) is 2. The number of hydrogen-bond acceptors (Lipinski definition) is 3. The molecular formula is C15H23N3O. The van der Waals surface area contributed by atoms with Gasteiger partial charge in [-0.15, -0.1) is 0 Å². The van der Waals surface area contributed by atoms with Gasteiger partial charge in [-0.2, -0.15) is 0 Å².